The van der Waals surface area contributed by atoms with Crippen LogP contribution >= 0.6 is 46.1 Å². The molecule has 0 aliphatic carbocycles. The summed E-state index contributed by atoms with van der Waals surface area (Å²) in [6.45, 7) is 0.423. The molecule has 0 aliphatic heterocycles. The van der Waals surface area contributed by atoms with Crippen molar-refractivity contribution in [1.29, 1.82) is 0 Å². The Morgan fingerprint density at radius 2 is 1.00 bits per heavy atom. The number of thiophene rings is 2. The molecule has 0 spiro atoms. The summed E-state index contributed by atoms with van der Waals surface area (Å²) in [4.78, 5) is 55.8. The molecule has 0 radical (unpaired) electrons. The second-order valence-electron chi connectivity index (χ2n) is 12.9. The van der Waals surface area contributed by atoms with Crippen LogP contribution in [0, 0.1) is 0 Å². The maximum atomic E-state index is 12.9. The lowest BCUT2D eigenvalue weighted by molar-refractivity contribution is -0.140. The molecule has 6 aromatic rings. The van der Waals surface area contributed by atoms with Gasteiger partial charge in [-0.15, -0.1) is 22.7 Å². The van der Waals surface area contributed by atoms with Crippen LogP contribution in [0.2, 0.25) is 0 Å². The van der Waals surface area contributed by atoms with E-state index in [1.54, 1.807) is 24.3 Å². The predicted octanol–water partition coefficient (Wildman–Crippen LogP) is 1.58. The van der Waals surface area contributed by atoms with E-state index in [4.69, 9.17) is 22.9 Å². The summed E-state index contributed by atoms with van der Waals surface area (Å²) >= 11 is 3.72. The van der Waals surface area contributed by atoms with Gasteiger partial charge in [0.25, 0.3) is 31.9 Å². The average molecular weight is 995 g/mol. The molecule has 2 amide bonds. The fraction of sp³-hybridized carbons (Fsp3) is 0.235. The third-order valence-electron chi connectivity index (χ3n) is 8.41. The third-order valence-corrected chi connectivity index (χ3v) is 14.1. The van der Waals surface area contributed by atoms with Gasteiger partial charge in [0, 0.05) is 13.1 Å². The van der Waals surface area contributed by atoms with Crippen molar-refractivity contribution < 1.29 is 46.2 Å². The van der Waals surface area contributed by atoms with E-state index < -0.39 is 55.9 Å². The Bertz CT molecular complexity index is 2720. The number of anilines is 2. The average Bonchev–Trinajstić information content (AvgIpc) is 4.07. The molecule has 340 valence electrons. The smallest absolute Gasteiger partial charge is 0.326 e. The zero-order valence-electron chi connectivity index (χ0n) is 32.8. The first kappa shape index (κ1) is 48.4. The molecule has 30 heteroatoms. The van der Waals surface area contributed by atoms with E-state index in [1.807, 2.05) is 0 Å². The Labute approximate surface area is 379 Å². The minimum Gasteiger partial charge on any atom is -0.480 e. The van der Waals surface area contributed by atoms with E-state index in [0.717, 1.165) is 46.1 Å². The minimum absolute atomic E-state index is 0.0210. The Morgan fingerprint density at radius 1 is 0.609 bits per heavy atom. The summed E-state index contributed by atoms with van der Waals surface area (Å²) in [6, 6.07) is 9.58. The van der Waals surface area contributed by atoms with Gasteiger partial charge in [0.15, 0.2) is 11.9 Å². The highest BCUT2D eigenvalue weighted by molar-refractivity contribution is 7.93. The number of rotatable bonds is 20. The molecular weight excluding hydrogens is 957 g/mol. The Morgan fingerprint density at radius 3 is 1.36 bits per heavy atom. The highest BCUT2D eigenvalue weighted by Gasteiger charge is 2.28. The van der Waals surface area contributed by atoms with Gasteiger partial charge in [0.2, 0.25) is 0 Å². The van der Waals surface area contributed by atoms with Crippen molar-refractivity contribution in [2.45, 2.75) is 47.6 Å². The number of carbonyl (C=O) groups is 4. The van der Waals surface area contributed by atoms with Crippen LogP contribution in [0.25, 0.3) is 22.1 Å². The number of carboxylic acid groups (broad SMARTS) is 2. The lowest BCUT2D eigenvalue weighted by Crippen LogP contribution is -2.40. The molecule has 2 aromatic carbocycles. The largest absolute Gasteiger partial charge is 0.480 e. The highest BCUT2D eigenvalue weighted by Crippen LogP contribution is 2.30. The van der Waals surface area contributed by atoms with Crippen molar-refractivity contribution in [2.24, 2.45) is 32.9 Å². The van der Waals surface area contributed by atoms with Crippen molar-refractivity contribution >= 4 is 135 Å². The number of carboxylic acids is 2. The number of nitrogens with one attached hydrogen (secondary N) is 4. The zero-order valence-corrected chi connectivity index (χ0v) is 37.7. The van der Waals surface area contributed by atoms with Crippen molar-refractivity contribution in [3.8, 4) is 0 Å². The summed E-state index contributed by atoms with van der Waals surface area (Å²) in [7, 11) is -8.16. The summed E-state index contributed by atoms with van der Waals surface area (Å²) in [5, 5.41) is 26.6. The molecule has 0 saturated heterocycles. The lowest BCUT2D eigenvalue weighted by Gasteiger charge is -2.14. The fourth-order valence-corrected chi connectivity index (χ4v) is 10.8. The minimum atomic E-state index is -4.08. The van der Waals surface area contributed by atoms with Crippen LogP contribution in [-0.2, 0) is 29.6 Å². The second-order valence-corrected chi connectivity index (χ2v) is 19.1. The van der Waals surface area contributed by atoms with Gasteiger partial charge in [-0.1, -0.05) is 12.1 Å². The summed E-state index contributed by atoms with van der Waals surface area (Å²) in [5.41, 5.74) is 22.3. The fourth-order valence-electron chi connectivity index (χ4n) is 5.50. The molecule has 4 heterocycles. The number of hydrogen-bond donors (Lipinski definition) is 10. The van der Waals surface area contributed by atoms with Gasteiger partial charge in [0.1, 0.15) is 53.7 Å². The Balaban J connectivity index is 0.000000241. The number of hydrogen-bond acceptors (Lipinski definition) is 18. The second kappa shape index (κ2) is 21.7. The van der Waals surface area contributed by atoms with E-state index >= 15 is 0 Å². The Kier molecular flexibility index (Phi) is 16.4. The normalized spacial score (nSPS) is 12.2. The van der Waals surface area contributed by atoms with Crippen LogP contribution in [0.15, 0.2) is 79.1 Å². The van der Waals surface area contributed by atoms with Gasteiger partial charge in [-0.3, -0.25) is 29.0 Å². The maximum Gasteiger partial charge on any atom is 0.326 e. The number of carbonyl (C=O) groups excluding carboxylic acids is 2. The first-order chi connectivity index (χ1) is 30.4. The SMILES string of the molecule is NC(N)=NCCC[C@H](NC(=O)c1sccc1NS(=O)(=O)c1cccc2nsnc12)C(=O)O.NC(N)=NCCC[C@H](NC(=O)c1sccc1NS(=O)(=O)c1cccc2nsnc12)C(=O)O. The molecule has 24 nitrogen and oxygen atoms in total. The number of nitrogens with zero attached hydrogens (tertiary/aromatic N) is 6. The first-order valence-electron chi connectivity index (χ1n) is 18.2. The molecule has 6 rings (SSSR count). The quantitative estimate of drug-likeness (QED) is 0.0295. The molecule has 64 heavy (non-hydrogen) atoms. The van der Waals surface area contributed by atoms with Crippen molar-refractivity contribution in [1.82, 2.24) is 28.1 Å². The highest BCUT2D eigenvalue weighted by atomic mass is 32.2. The van der Waals surface area contributed by atoms with E-state index in [9.17, 15) is 46.2 Å². The number of guanidine groups is 2. The van der Waals surface area contributed by atoms with Crippen molar-refractivity contribution in [2.75, 3.05) is 22.5 Å². The van der Waals surface area contributed by atoms with Crippen LogP contribution < -0.4 is 43.0 Å². The maximum absolute atomic E-state index is 12.9. The van der Waals surface area contributed by atoms with E-state index in [-0.39, 0.29) is 79.8 Å². The zero-order chi connectivity index (χ0) is 46.6. The number of nitrogens with two attached hydrogens (primary N) is 4. The Hall–Kier alpha value is -6.60. The van der Waals surface area contributed by atoms with Crippen LogP contribution in [0.4, 0.5) is 11.4 Å². The van der Waals surface area contributed by atoms with Crippen molar-refractivity contribution in [3.05, 3.63) is 69.0 Å². The topological polar surface area (TPSA) is 405 Å². The molecule has 4 aromatic heterocycles. The molecule has 0 aliphatic rings. The standard InChI is InChI=1S/2C17H19N7O5S3/c2*18-17(19)20-7-2-4-11(16(26)27)21-15(25)14-10(6-8-30-14)24-32(28,29)12-5-1-3-9-13(12)23-31-22-9/h2*1,3,5-6,8,11,24H,2,4,7H2,(H,21,25)(H,26,27)(H4,18,19,20)/t2*11-/m00/s1. The van der Waals surface area contributed by atoms with Gasteiger partial charge in [-0.2, -0.15) is 17.5 Å². The molecule has 14 N–H and O–H groups in total. The van der Waals surface area contributed by atoms with E-state index in [2.05, 4.69) is 47.6 Å². The molecule has 0 bridgehead atoms. The number of aliphatic imine (C=N–C) groups is 2. The number of aromatic nitrogens is 4. The number of fused-ring (bicyclic) bond motifs is 2. The van der Waals surface area contributed by atoms with Crippen LogP contribution in [-0.4, -0.2) is 105 Å². The van der Waals surface area contributed by atoms with Crippen LogP contribution in [0.1, 0.15) is 45.0 Å². The van der Waals surface area contributed by atoms with Crippen LogP contribution in [0.3, 0.4) is 0 Å². The van der Waals surface area contributed by atoms with E-state index in [1.165, 1.54) is 35.0 Å². The summed E-state index contributed by atoms with van der Waals surface area (Å²) in [6.07, 6.45) is 0.821. The monoisotopic (exact) mass is 994 g/mol. The van der Waals surface area contributed by atoms with Crippen LogP contribution in [0.5, 0.6) is 0 Å². The molecular formula is C34H38N14O10S6. The first-order valence-corrected chi connectivity index (χ1v) is 24.4. The van der Waals surface area contributed by atoms with Gasteiger partial charge in [0.05, 0.1) is 34.8 Å². The molecule has 2 atom stereocenters. The number of aliphatic carboxylic acids is 2. The number of sulfonamides is 2. The molecule has 0 fully saturated rings. The summed E-state index contributed by atoms with van der Waals surface area (Å²) < 4.78 is 72.5. The van der Waals surface area contributed by atoms with Gasteiger partial charge in [-0.25, -0.2) is 26.4 Å². The molecule has 0 saturated carbocycles. The van der Waals surface area contributed by atoms with Gasteiger partial charge >= 0.3 is 11.9 Å². The van der Waals surface area contributed by atoms with Crippen molar-refractivity contribution in [3.63, 3.8) is 0 Å². The van der Waals surface area contributed by atoms with E-state index in [0.29, 0.717) is 23.9 Å². The third kappa shape index (κ3) is 12.7. The number of amides is 2. The summed E-state index contributed by atoms with van der Waals surface area (Å²) in [5.74, 6) is -4.13. The predicted molar refractivity (Wildman–Crippen MR) is 243 cm³/mol. The van der Waals surface area contributed by atoms with Gasteiger partial charge in [-0.05, 0) is 72.8 Å². The molecule has 0 unspecified atom stereocenters. The number of benzene rings is 2. The lowest BCUT2D eigenvalue weighted by atomic mass is 10.1. The van der Waals surface area contributed by atoms with Gasteiger partial charge < -0.3 is 43.8 Å².